The molecule has 0 aromatic heterocycles. The minimum Gasteiger partial charge on any atom is -0.488 e. The van der Waals surface area contributed by atoms with Gasteiger partial charge in [-0.05, 0) is 42.8 Å². The summed E-state index contributed by atoms with van der Waals surface area (Å²) in [6, 6.07) is 16.8. The van der Waals surface area contributed by atoms with Crippen LogP contribution in [0.4, 0.5) is 0 Å². The second-order valence-electron chi connectivity index (χ2n) is 4.95. The standard InChI is InChI=1S/C18H19NO.ClH/c1-19-12-6-10-16-15-8-3-2-7-14(15)13-20-18-11-5-4-9-17(16)18;/h2-5,7-11,19H,6,12-13H2,1H3;1H/b16-10+;. The van der Waals surface area contributed by atoms with E-state index in [4.69, 9.17) is 4.74 Å². The predicted octanol–water partition coefficient (Wildman–Crippen LogP) is 4.04. The molecule has 3 rings (SSSR count). The molecule has 0 saturated heterocycles. The van der Waals surface area contributed by atoms with Crippen LogP contribution in [0, 0.1) is 0 Å². The maximum Gasteiger partial charge on any atom is 0.127 e. The minimum absolute atomic E-state index is 0. The van der Waals surface area contributed by atoms with Gasteiger partial charge in [-0.15, -0.1) is 12.4 Å². The quantitative estimate of drug-likeness (QED) is 0.864. The van der Waals surface area contributed by atoms with E-state index in [1.165, 1.54) is 22.3 Å². The van der Waals surface area contributed by atoms with E-state index < -0.39 is 0 Å². The van der Waals surface area contributed by atoms with Gasteiger partial charge in [-0.25, -0.2) is 0 Å². The highest BCUT2D eigenvalue weighted by atomic mass is 35.5. The molecule has 2 nitrogen and oxygen atoms in total. The molecule has 0 bridgehead atoms. The van der Waals surface area contributed by atoms with Crippen molar-refractivity contribution < 1.29 is 4.74 Å². The Labute approximate surface area is 132 Å². The number of benzene rings is 2. The lowest BCUT2D eigenvalue weighted by atomic mass is 9.93. The smallest absolute Gasteiger partial charge is 0.127 e. The summed E-state index contributed by atoms with van der Waals surface area (Å²) in [5.74, 6) is 0.972. The molecular formula is C18H20ClNO. The Morgan fingerprint density at radius 2 is 1.76 bits per heavy atom. The topological polar surface area (TPSA) is 21.3 Å². The second-order valence-corrected chi connectivity index (χ2v) is 4.95. The van der Waals surface area contributed by atoms with E-state index >= 15 is 0 Å². The summed E-state index contributed by atoms with van der Waals surface area (Å²) >= 11 is 0. The van der Waals surface area contributed by atoms with Crippen LogP contribution in [0.25, 0.3) is 5.57 Å². The third-order valence-electron chi connectivity index (χ3n) is 3.61. The first-order chi connectivity index (χ1) is 9.90. The Balaban J connectivity index is 0.00000161. The molecule has 21 heavy (non-hydrogen) atoms. The molecule has 0 unspecified atom stereocenters. The molecule has 0 amide bonds. The van der Waals surface area contributed by atoms with Gasteiger partial charge in [0.2, 0.25) is 0 Å². The summed E-state index contributed by atoms with van der Waals surface area (Å²) in [7, 11) is 1.98. The zero-order valence-electron chi connectivity index (χ0n) is 12.1. The number of nitrogens with one attached hydrogen (secondary N) is 1. The minimum atomic E-state index is 0. The van der Waals surface area contributed by atoms with Crippen LogP contribution in [0.2, 0.25) is 0 Å². The lowest BCUT2D eigenvalue weighted by Gasteiger charge is -2.10. The summed E-state index contributed by atoms with van der Waals surface area (Å²) < 4.78 is 5.96. The zero-order valence-corrected chi connectivity index (χ0v) is 13.0. The highest BCUT2D eigenvalue weighted by molar-refractivity contribution is 5.85. The van der Waals surface area contributed by atoms with E-state index in [1.807, 2.05) is 19.2 Å². The van der Waals surface area contributed by atoms with Gasteiger partial charge >= 0.3 is 0 Å². The van der Waals surface area contributed by atoms with Crippen LogP contribution in [0.3, 0.4) is 0 Å². The summed E-state index contributed by atoms with van der Waals surface area (Å²) in [5, 5.41) is 3.20. The van der Waals surface area contributed by atoms with Crippen molar-refractivity contribution in [3.05, 3.63) is 71.3 Å². The molecule has 0 fully saturated rings. The number of para-hydroxylation sites is 1. The fraction of sp³-hybridized carbons (Fsp3) is 0.222. The SMILES string of the molecule is CNCC/C=C1\c2ccccc2COc2ccccc21.Cl. The van der Waals surface area contributed by atoms with Gasteiger partial charge in [0.05, 0.1) is 0 Å². The van der Waals surface area contributed by atoms with Gasteiger partial charge in [-0.3, -0.25) is 0 Å². The molecule has 1 N–H and O–H groups in total. The summed E-state index contributed by atoms with van der Waals surface area (Å²) in [6.07, 6.45) is 3.32. The molecular weight excluding hydrogens is 282 g/mol. The van der Waals surface area contributed by atoms with E-state index in [0.29, 0.717) is 6.61 Å². The number of hydrogen-bond acceptors (Lipinski definition) is 2. The van der Waals surface area contributed by atoms with Crippen molar-refractivity contribution in [3.8, 4) is 5.75 Å². The van der Waals surface area contributed by atoms with Crippen LogP contribution >= 0.6 is 12.4 Å². The molecule has 2 aromatic carbocycles. The first kappa shape index (κ1) is 15.6. The van der Waals surface area contributed by atoms with Gasteiger partial charge < -0.3 is 10.1 Å². The normalized spacial score (nSPS) is 14.4. The number of ether oxygens (including phenoxy) is 1. The Morgan fingerprint density at radius 1 is 1.05 bits per heavy atom. The third kappa shape index (κ3) is 3.29. The first-order valence-corrected chi connectivity index (χ1v) is 7.05. The molecule has 0 atom stereocenters. The lowest BCUT2D eigenvalue weighted by molar-refractivity contribution is 0.307. The van der Waals surface area contributed by atoms with Crippen LogP contribution < -0.4 is 10.1 Å². The van der Waals surface area contributed by atoms with Crippen LogP contribution in [0.5, 0.6) is 5.75 Å². The van der Waals surface area contributed by atoms with Crippen molar-refractivity contribution in [1.29, 1.82) is 0 Å². The van der Waals surface area contributed by atoms with Crippen LogP contribution in [0.1, 0.15) is 23.1 Å². The predicted molar refractivity (Wildman–Crippen MR) is 90.1 cm³/mol. The highest BCUT2D eigenvalue weighted by Gasteiger charge is 2.17. The lowest BCUT2D eigenvalue weighted by Crippen LogP contribution is -2.06. The van der Waals surface area contributed by atoms with Crippen molar-refractivity contribution in [2.75, 3.05) is 13.6 Å². The van der Waals surface area contributed by atoms with Gasteiger partial charge in [0.1, 0.15) is 12.4 Å². The highest BCUT2D eigenvalue weighted by Crippen LogP contribution is 2.36. The van der Waals surface area contributed by atoms with Crippen molar-refractivity contribution in [2.45, 2.75) is 13.0 Å². The number of fused-ring (bicyclic) bond motifs is 2. The summed E-state index contributed by atoms with van der Waals surface area (Å²) in [4.78, 5) is 0. The van der Waals surface area contributed by atoms with E-state index in [2.05, 4.69) is 47.8 Å². The Hall–Kier alpha value is -1.77. The van der Waals surface area contributed by atoms with Crippen LogP contribution in [0.15, 0.2) is 54.6 Å². The average molecular weight is 302 g/mol. The monoisotopic (exact) mass is 301 g/mol. The van der Waals surface area contributed by atoms with Gasteiger partial charge in [-0.1, -0.05) is 48.5 Å². The second kappa shape index (κ2) is 7.30. The van der Waals surface area contributed by atoms with Crippen molar-refractivity contribution in [2.24, 2.45) is 0 Å². The van der Waals surface area contributed by atoms with Gasteiger partial charge in [0.25, 0.3) is 0 Å². The first-order valence-electron chi connectivity index (χ1n) is 7.05. The van der Waals surface area contributed by atoms with Gasteiger partial charge in [0, 0.05) is 5.56 Å². The van der Waals surface area contributed by atoms with E-state index in [9.17, 15) is 0 Å². The Morgan fingerprint density at radius 3 is 2.57 bits per heavy atom. The average Bonchev–Trinajstić information content (AvgIpc) is 2.66. The molecule has 1 aliphatic heterocycles. The number of hydrogen-bond donors (Lipinski definition) is 1. The fourth-order valence-corrected chi connectivity index (χ4v) is 2.61. The molecule has 2 aromatic rings. The number of rotatable bonds is 3. The molecule has 0 saturated carbocycles. The van der Waals surface area contributed by atoms with Crippen molar-refractivity contribution in [3.63, 3.8) is 0 Å². The molecule has 3 heteroatoms. The Bertz CT molecular complexity index is 587. The van der Waals surface area contributed by atoms with Crippen molar-refractivity contribution in [1.82, 2.24) is 5.32 Å². The molecule has 0 aliphatic carbocycles. The third-order valence-corrected chi connectivity index (χ3v) is 3.61. The molecule has 1 aliphatic rings. The van der Waals surface area contributed by atoms with Gasteiger partial charge in [0.15, 0.2) is 0 Å². The Kier molecular flexibility index (Phi) is 5.43. The van der Waals surface area contributed by atoms with Crippen molar-refractivity contribution >= 4 is 18.0 Å². The van der Waals surface area contributed by atoms with Gasteiger partial charge in [-0.2, -0.15) is 0 Å². The summed E-state index contributed by atoms with van der Waals surface area (Å²) in [6.45, 7) is 1.62. The summed E-state index contributed by atoms with van der Waals surface area (Å²) in [5.41, 5.74) is 5.01. The van der Waals surface area contributed by atoms with E-state index in [1.54, 1.807) is 0 Å². The molecule has 110 valence electrons. The van der Waals surface area contributed by atoms with E-state index in [0.717, 1.165) is 18.7 Å². The molecule has 1 heterocycles. The van der Waals surface area contributed by atoms with Crippen LogP contribution in [-0.2, 0) is 6.61 Å². The van der Waals surface area contributed by atoms with E-state index in [-0.39, 0.29) is 12.4 Å². The fourth-order valence-electron chi connectivity index (χ4n) is 2.61. The molecule has 0 radical (unpaired) electrons. The number of halogens is 1. The maximum atomic E-state index is 5.96. The zero-order chi connectivity index (χ0) is 13.8. The molecule has 0 spiro atoms. The maximum absolute atomic E-state index is 5.96. The largest absolute Gasteiger partial charge is 0.488 e. The van der Waals surface area contributed by atoms with Crippen LogP contribution in [-0.4, -0.2) is 13.6 Å².